The Labute approximate surface area is 150 Å². The standard InChI is InChI=1S/C21H30O4/c1-15-7-4-8-16(9-5-11-20(2,3)18(22)23)17(15)10-6-12-21(13-14-21)19(24)25/h4,7-8H,5-6,9-14H2,1-3H3,(H,22,23)(H,24,25). The van der Waals surface area contributed by atoms with Crippen LogP contribution in [0.5, 0.6) is 0 Å². The molecule has 4 heteroatoms. The van der Waals surface area contributed by atoms with Gasteiger partial charge in [0, 0.05) is 0 Å². The van der Waals surface area contributed by atoms with Gasteiger partial charge in [-0.25, -0.2) is 0 Å². The van der Waals surface area contributed by atoms with E-state index in [-0.39, 0.29) is 0 Å². The first-order chi connectivity index (χ1) is 11.7. The summed E-state index contributed by atoms with van der Waals surface area (Å²) >= 11 is 0. The van der Waals surface area contributed by atoms with Crippen molar-refractivity contribution in [1.29, 1.82) is 0 Å². The quantitative estimate of drug-likeness (QED) is 0.648. The van der Waals surface area contributed by atoms with Crippen molar-refractivity contribution < 1.29 is 19.8 Å². The maximum atomic E-state index is 11.3. The van der Waals surface area contributed by atoms with E-state index in [0.717, 1.165) is 44.9 Å². The van der Waals surface area contributed by atoms with Crippen molar-refractivity contribution in [2.75, 3.05) is 0 Å². The Balaban J connectivity index is 1.94. The lowest BCUT2D eigenvalue weighted by molar-refractivity contribution is -0.147. The maximum Gasteiger partial charge on any atom is 0.309 e. The van der Waals surface area contributed by atoms with Crippen molar-refractivity contribution in [3.63, 3.8) is 0 Å². The molecule has 0 aliphatic heterocycles. The normalized spacial score (nSPS) is 15.8. The van der Waals surface area contributed by atoms with Gasteiger partial charge >= 0.3 is 11.9 Å². The highest BCUT2D eigenvalue weighted by Gasteiger charge is 2.49. The van der Waals surface area contributed by atoms with Gasteiger partial charge in [-0.2, -0.15) is 0 Å². The fourth-order valence-corrected chi connectivity index (χ4v) is 3.51. The summed E-state index contributed by atoms with van der Waals surface area (Å²) < 4.78 is 0. The van der Waals surface area contributed by atoms with Crippen molar-refractivity contribution >= 4 is 11.9 Å². The SMILES string of the molecule is Cc1cccc(CCCC(C)(C)C(=O)O)c1CCCC1(C(=O)O)CC1. The third-order valence-electron chi connectivity index (χ3n) is 5.72. The Kier molecular flexibility index (Phi) is 5.91. The first kappa shape index (κ1) is 19.5. The lowest BCUT2D eigenvalue weighted by Gasteiger charge is -2.19. The molecule has 0 heterocycles. The maximum absolute atomic E-state index is 11.3. The molecule has 1 saturated carbocycles. The van der Waals surface area contributed by atoms with Crippen LogP contribution in [-0.4, -0.2) is 22.2 Å². The monoisotopic (exact) mass is 346 g/mol. The molecule has 1 aromatic rings. The van der Waals surface area contributed by atoms with Crippen LogP contribution in [-0.2, 0) is 22.4 Å². The molecule has 0 atom stereocenters. The number of carboxylic acid groups (broad SMARTS) is 2. The summed E-state index contributed by atoms with van der Waals surface area (Å²) in [5, 5.41) is 18.5. The fourth-order valence-electron chi connectivity index (χ4n) is 3.51. The molecular formula is C21H30O4. The number of carbonyl (C=O) groups is 2. The molecule has 0 radical (unpaired) electrons. The van der Waals surface area contributed by atoms with E-state index in [0.29, 0.717) is 6.42 Å². The van der Waals surface area contributed by atoms with Crippen molar-refractivity contribution in [2.24, 2.45) is 10.8 Å². The first-order valence-corrected chi connectivity index (χ1v) is 9.22. The Morgan fingerprint density at radius 1 is 1.12 bits per heavy atom. The van der Waals surface area contributed by atoms with Gasteiger partial charge in [0.1, 0.15) is 0 Å². The van der Waals surface area contributed by atoms with Crippen LogP contribution in [0.15, 0.2) is 18.2 Å². The van der Waals surface area contributed by atoms with Gasteiger partial charge in [0.05, 0.1) is 10.8 Å². The summed E-state index contributed by atoms with van der Waals surface area (Å²) in [6.45, 7) is 5.64. The number of rotatable bonds is 10. The van der Waals surface area contributed by atoms with E-state index in [1.807, 2.05) is 0 Å². The number of carboxylic acids is 2. The Morgan fingerprint density at radius 3 is 2.36 bits per heavy atom. The smallest absolute Gasteiger partial charge is 0.309 e. The van der Waals surface area contributed by atoms with Crippen LogP contribution >= 0.6 is 0 Å². The van der Waals surface area contributed by atoms with Crippen molar-refractivity contribution in [3.8, 4) is 0 Å². The van der Waals surface area contributed by atoms with Crippen molar-refractivity contribution in [3.05, 3.63) is 34.9 Å². The van der Waals surface area contributed by atoms with Crippen LogP contribution in [0.25, 0.3) is 0 Å². The molecule has 0 unspecified atom stereocenters. The van der Waals surface area contributed by atoms with Crippen LogP contribution in [0.1, 0.15) is 69.1 Å². The van der Waals surface area contributed by atoms with Crippen LogP contribution < -0.4 is 0 Å². The minimum absolute atomic E-state index is 0.450. The van der Waals surface area contributed by atoms with E-state index in [4.69, 9.17) is 0 Å². The summed E-state index contributed by atoms with van der Waals surface area (Å²) in [4.78, 5) is 22.5. The van der Waals surface area contributed by atoms with Gasteiger partial charge in [-0.3, -0.25) is 9.59 Å². The Bertz CT molecular complexity index is 641. The largest absolute Gasteiger partial charge is 0.481 e. The molecule has 138 valence electrons. The number of hydrogen-bond donors (Lipinski definition) is 2. The molecule has 1 aliphatic carbocycles. The number of aryl methyl sites for hydroxylation is 2. The second-order valence-electron chi connectivity index (χ2n) is 8.19. The highest BCUT2D eigenvalue weighted by Crippen LogP contribution is 2.50. The minimum atomic E-state index is -0.750. The zero-order chi connectivity index (χ0) is 18.7. The molecule has 0 aromatic heterocycles. The third kappa shape index (κ3) is 4.83. The average molecular weight is 346 g/mol. The average Bonchev–Trinajstić information content (AvgIpc) is 3.31. The summed E-state index contributed by atoms with van der Waals surface area (Å²) in [7, 11) is 0. The number of aliphatic carboxylic acids is 2. The zero-order valence-electron chi connectivity index (χ0n) is 15.6. The Hall–Kier alpha value is -1.84. The molecule has 1 aromatic carbocycles. The van der Waals surface area contributed by atoms with Gasteiger partial charge in [0.2, 0.25) is 0 Å². The van der Waals surface area contributed by atoms with E-state index in [1.54, 1.807) is 13.8 Å². The van der Waals surface area contributed by atoms with Crippen LogP contribution in [0.4, 0.5) is 0 Å². The minimum Gasteiger partial charge on any atom is -0.481 e. The molecule has 0 spiro atoms. The van der Waals surface area contributed by atoms with Crippen LogP contribution in [0.2, 0.25) is 0 Å². The van der Waals surface area contributed by atoms with E-state index in [9.17, 15) is 19.8 Å². The molecule has 25 heavy (non-hydrogen) atoms. The highest BCUT2D eigenvalue weighted by atomic mass is 16.4. The molecule has 1 fully saturated rings. The second-order valence-corrected chi connectivity index (χ2v) is 8.19. The predicted molar refractivity (Wildman–Crippen MR) is 97.8 cm³/mol. The number of hydrogen-bond acceptors (Lipinski definition) is 2. The van der Waals surface area contributed by atoms with Gasteiger partial charge in [0.15, 0.2) is 0 Å². The van der Waals surface area contributed by atoms with E-state index < -0.39 is 22.8 Å². The van der Waals surface area contributed by atoms with Crippen LogP contribution in [0.3, 0.4) is 0 Å². The molecule has 0 bridgehead atoms. The molecular weight excluding hydrogens is 316 g/mol. The van der Waals surface area contributed by atoms with Crippen molar-refractivity contribution in [2.45, 2.75) is 72.1 Å². The van der Waals surface area contributed by atoms with E-state index >= 15 is 0 Å². The molecule has 2 rings (SSSR count). The summed E-state index contributed by atoms with van der Waals surface area (Å²) in [5.74, 6) is -1.39. The summed E-state index contributed by atoms with van der Waals surface area (Å²) in [6.07, 6.45) is 6.54. The van der Waals surface area contributed by atoms with E-state index in [2.05, 4.69) is 25.1 Å². The third-order valence-corrected chi connectivity index (χ3v) is 5.72. The number of benzene rings is 1. The predicted octanol–water partition coefficient (Wildman–Crippen LogP) is 4.62. The zero-order valence-corrected chi connectivity index (χ0v) is 15.6. The second kappa shape index (κ2) is 7.59. The first-order valence-electron chi connectivity index (χ1n) is 9.22. The highest BCUT2D eigenvalue weighted by molar-refractivity contribution is 5.77. The van der Waals surface area contributed by atoms with Crippen molar-refractivity contribution in [1.82, 2.24) is 0 Å². The van der Waals surface area contributed by atoms with Gasteiger partial charge in [-0.05, 0) is 88.8 Å². The summed E-state index contributed by atoms with van der Waals surface area (Å²) in [5.41, 5.74) is 2.70. The lowest BCUT2D eigenvalue weighted by atomic mass is 9.85. The van der Waals surface area contributed by atoms with Gasteiger partial charge in [-0.1, -0.05) is 18.2 Å². The van der Waals surface area contributed by atoms with E-state index in [1.165, 1.54) is 16.7 Å². The molecule has 1 aliphatic rings. The lowest BCUT2D eigenvalue weighted by Crippen LogP contribution is -2.23. The van der Waals surface area contributed by atoms with Gasteiger partial charge < -0.3 is 10.2 Å². The van der Waals surface area contributed by atoms with Crippen LogP contribution in [0, 0.1) is 17.8 Å². The Morgan fingerprint density at radius 2 is 1.80 bits per heavy atom. The molecule has 2 N–H and O–H groups in total. The van der Waals surface area contributed by atoms with Gasteiger partial charge in [-0.15, -0.1) is 0 Å². The molecule has 4 nitrogen and oxygen atoms in total. The fraction of sp³-hybridized carbons (Fsp3) is 0.619. The summed E-state index contributed by atoms with van der Waals surface area (Å²) in [6, 6.07) is 6.28. The topological polar surface area (TPSA) is 74.6 Å². The molecule has 0 saturated heterocycles. The molecule has 0 amide bonds. The van der Waals surface area contributed by atoms with Gasteiger partial charge in [0.25, 0.3) is 0 Å².